The third-order valence-electron chi connectivity index (χ3n) is 5.82. The molecule has 5 nitrogen and oxygen atoms in total. The van der Waals surface area contributed by atoms with E-state index in [4.69, 9.17) is 4.98 Å². The number of carbonyl (C=O) groups is 1. The van der Waals surface area contributed by atoms with Gasteiger partial charge in [0.05, 0.1) is 16.6 Å². The van der Waals surface area contributed by atoms with Crippen LogP contribution in [0.2, 0.25) is 0 Å². The summed E-state index contributed by atoms with van der Waals surface area (Å²) in [5.41, 5.74) is 2.64. The fraction of sp³-hybridized carbons (Fsp3) is 0.240. The minimum absolute atomic E-state index is 0.0563. The summed E-state index contributed by atoms with van der Waals surface area (Å²) in [6.45, 7) is 2.81. The fourth-order valence-corrected chi connectivity index (χ4v) is 4.34. The highest BCUT2D eigenvalue weighted by molar-refractivity contribution is 6.20. The number of para-hydroxylation sites is 1. The van der Waals surface area contributed by atoms with Crippen molar-refractivity contribution in [2.24, 2.45) is 0 Å². The van der Waals surface area contributed by atoms with Crippen molar-refractivity contribution in [1.82, 2.24) is 14.7 Å². The Morgan fingerprint density at radius 2 is 1.67 bits per heavy atom. The van der Waals surface area contributed by atoms with E-state index in [1.165, 1.54) is 6.42 Å². The first-order valence-electron chi connectivity index (χ1n) is 10.6. The molecule has 5 rings (SSSR count). The SMILES string of the molecule is CCCCCCNC(=O)c1cc2c3ccccc3n3c(=O)c4ccccc4c(n1)c23. The first-order valence-corrected chi connectivity index (χ1v) is 10.6. The van der Waals surface area contributed by atoms with Crippen LogP contribution >= 0.6 is 0 Å². The maximum absolute atomic E-state index is 13.3. The topological polar surface area (TPSA) is 63.5 Å². The van der Waals surface area contributed by atoms with Crippen LogP contribution < -0.4 is 10.9 Å². The average Bonchev–Trinajstić information content (AvgIpc) is 3.12. The molecular weight excluding hydrogens is 374 g/mol. The van der Waals surface area contributed by atoms with Crippen LogP contribution in [0.25, 0.3) is 38.1 Å². The zero-order valence-electron chi connectivity index (χ0n) is 16.9. The van der Waals surface area contributed by atoms with Crippen molar-refractivity contribution in [3.8, 4) is 0 Å². The van der Waals surface area contributed by atoms with E-state index in [2.05, 4.69) is 12.2 Å². The molecule has 0 atom stereocenters. The lowest BCUT2D eigenvalue weighted by atomic mass is 10.1. The number of hydrogen-bond donors (Lipinski definition) is 1. The van der Waals surface area contributed by atoms with Gasteiger partial charge in [0.15, 0.2) is 0 Å². The van der Waals surface area contributed by atoms with E-state index in [1.807, 2.05) is 54.6 Å². The summed E-state index contributed by atoms with van der Waals surface area (Å²) in [5.74, 6) is -0.170. The van der Waals surface area contributed by atoms with Gasteiger partial charge >= 0.3 is 0 Å². The van der Waals surface area contributed by atoms with Crippen LogP contribution in [0.4, 0.5) is 0 Å². The molecule has 0 aliphatic heterocycles. The standard InChI is InChI=1S/C25H23N3O2/c1-2-3-4-9-14-26-24(29)20-15-19-16-10-7-8-13-21(16)28-23(19)22(27-20)17-11-5-6-12-18(17)25(28)30/h5-8,10-13,15H,2-4,9,14H2,1H3,(H,26,29). The lowest BCUT2D eigenvalue weighted by Crippen LogP contribution is -2.25. The summed E-state index contributed by atoms with van der Waals surface area (Å²) in [7, 11) is 0. The van der Waals surface area contributed by atoms with Gasteiger partial charge in [-0.05, 0) is 24.6 Å². The molecule has 3 heterocycles. The second kappa shape index (κ2) is 7.41. The van der Waals surface area contributed by atoms with Crippen molar-refractivity contribution in [2.75, 3.05) is 6.54 Å². The Bertz CT molecular complexity index is 1450. The minimum atomic E-state index is -0.170. The number of rotatable bonds is 6. The first-order chi connectivity index (χ1) is 14.7. The van der Waals surface area contributed by atoms with Crippen LogP contribution in [0, 0.1) is 0 Å². The number of aromatic nitrogens is 2. The summed E-state index contributed by atoms with van der Waals surface area (Å²) >= 11 is 0. The van der Waals surface area contributed by atoms with Crippen LogP contribution in [0.1, 0.15) is 43.1 Å². The molecule has 0 radical (unpaired) electrons. The molecule has 2 aromatic carbocycles. The molecule has 0 spiro atoms. The number of nitrogens with one attached hydrogen (secondary N) is 1. The number of amides is 1. The van der Waals surface area contributed by atoms with Crippen molar-refractivity contribution >= 4 is 44.0 Å². The molecule has 0 bridgehead atoms. The zero-order chi connectivity index (χ0) is 20.7. The lowest BCUT2D eigenvalue weighted by Gasteiger charge is -2.09. The van der Waals surface area contributed by atoms with Crippen LogP contribution in [-0.2, 0) is 0 Å². The van der Waals surface area contributed by atoms with E-state index < -0.39 is 0 Å². The van der Waals surface area contributed by atoms with Crippen LogP contribution in [0.3, 0.4) is 0 Å². The maximum Gasteiger partial charge on any atom is 0.269 e. The smallest absolute Gasteiger partial charge is 0.269 e. The van der Waals surface area contributed by atoms with Gasteiger partial charge in [0.2, 0.25) is 0 Å². The number of unbranched alkanes of at least 4 members (excludes halogenated alkanes) is 3. The molecule has 0 fully saturated rings. The first kappa shape index (κ1) is 18.6. The highest BCUT2D eigenvalue weighted by atomic mass is 16.2. The van der Waals surface area contributed by atoms with Gasteiger partial charge in [-0.25, -0.2) is 4.98 Å². The molecule has 5 heteroatoms. The molecule has 0 aliphatic carbocycles. The quantitative estimate of drug-likeness (QED) is 0.327. The van der Waals surface area contributed by atoms with E-state index in [9.17, 15) is 9.59 Å². The van der Waals surface area contributed by atoms with Crippen LogP contribution in [-0.4, -0.2) is 21.8 Å². The van der Waals surface area contributed by atoms with Crippen molar-refractivity contribution in [3.63, 3.8) is 0 Å². The third kappa shape index (κ3) is 2.81. The number of fused-ring (bicyclic) bond motifs is 5. The van der Waals surface area contributed by atoms with Crippen LogP contribution in [0.15, 0.2) is 59.4 Å². The summed E-state index contributed by atoms with van der Waals surface area (Å²) in [4.78, 5) is 30.9. The Hall–Kier alpha value is -3.47. The average molecular weight is 397 g/mol. The second-order valence-corrected chi connectivity index (χ2v) is 7.77. The Kier molecular flexibility index (Phi) is 4.58. The Labute approximate surface area is 173 Å². The lowest BCUT2D eigenvalue weighted by molar-refractivity contribution is 0.0948. The molecule has 3 aromatic heterocycles. The Morgan fingerprint density at radius 3 is 2.47 bits per heavy atom. The largest absolute Gasteiger partial charge is 0.351 e. The van der Waals surface area contributed by atoms with Gasteiger partial charge in [-0.15, -0.1) is 0 Å². The molecule has 1 N–H and O–H groups in total. The number of benzene rings is 2. The summed E-state index contributed by atoms with van der Waals surface area (Å²) in [6, 6.07) is 17.1. The number of nitrogens with zero attached hydrogens (tertiary/aromatic N) is 2. The van der Waals surface area contributed by atoms with Gasteiger partial charge in [0.1, 0.15) is 5.69 Å². The molecule has 150 valence electrons. The monoisotopic (exact) mass is 397 g/mol. The summed E-state index contributed by atoms with van der Waals surface area (Å²) in [6.07, 6.45) is 4.41. The van der Waals surface area contributed by atoms with Crippen molar-refractivity contribution < 1.29 is 4.79 Å². The molecule has 30 heavy (non-hydrogen) atoms. The van der Waals surface area contributed by atoms with E-state index in [-0.39, 0.29) is 11.5 Å². The van der Waals surface area contributed by atoms with Gasteiger partial charge in [-0.1, -0.05) is 62.6 Å². The minimum Gasteiger partial charge on any atom is -0.351 e. The summed E-state index contributed by atoms with van der Waals surface area (Å²) < 4.78 is 1.74. The molecule has 5 aromatic rings. The normalized spacial score (nSPS) is 11.8. The van der Waals surface area contributed by atoms with E-state index in [0.717, 1.165) is 46.5 Å². The Balaban J connectivity index is 1.73. The highest BCUT2D eigenvalue weighted by Crippen LogP contribution is 2.33. The maximum atomic E-state index is 13.3. The van der Waals surface area contributed by atoms with E-state index >= 15 is 0 Å². The number of pyridine rings is 2. The molecule has 0 saturated heterocycles. The second-order valence-electron chi connectivity index (χ2n) is 7.77. The van der Waals surface area contributed by atoms with Crippen molar-refractivity contribution in [3.05, 3.63) is 70.6 Å². The molecule has 1 amide bonds. The number of hydrogen-bond acceptors (Lipinski definition) is 3. The predicted molar refractivity (Wildman–Crippen MR) is 122 cm³/mol. The molecule has 0 aliphatic rings. The number of carbonyl (C=O) groups excluding carboxylic acids is 1. The van der Waals surface area contributed by atoms with Gasteiger partial charge in [-0.2, -0.15) is 0 Å². The summed E-state index contributed by atoms with van der Waals surface area (Å²) in [5, 5.41) is 6.23. The van der Waals surface area contributed by atoms with Gasteiger partial charge in [0.25, 0.3) is 11.5 Å². The van der Waals surface area contributed by atoms with Crippen molar-refractivity contribution in [2.45, 2.75) is 32.6 Å². The van der Waals surface area contributed by atoms with Gasteiger partial charge in [0, 0.05) is 28.1 Å². The van der Waals surface area contributed by atoms with Gasteiger partial charge < -0.3 is 5.32 Å². The molecular formula is C25H23N3O2. The molecule has 0 saturated carbocycles. The van der Waals surface area contributed by atoms with Crippen LogP contribution in [0.5, 0.6) is 0 Å². The van der Waals surface area contributed by atoms with E-state index in [1.54, 1.807) is 4.40 Å². The molecule has 0 unspecified atom stereocenters. The predicted octanol–water partition coefficient (Wildman–Crippen LogP) is 4.90. The fourth-order valence-electron chi connectivity index (χ4n) is 4.34. The highest BCUT2D eigenvalue weighted by Gasteiger charge is 2.20. The van der Waals surface area contributed by atoms with E-state index in [0.29, 0.717) is 23.1 Å². The Morgan fingerprint density at radius 1 is 0.933 bits per heavy atom. The van der Waals surface area contributed by atoms with Crippen molar-refractivity contribution in [1.29, 1.82) is 0 Å². The third-order valence-corrected chi connectivity index (χ3v) is 5.82. The van der Waals surface area contributed by atoms with Gasteiger partial charge in [-0.3, -0.25) is 14.0 Å². The zero-order valence-corrected chi connectivity index (χ0v) is 16.9.